The summed E-state index contributed by atoms with van der Waals surface area (Å²) in [6.07, 6.45) is 7.55. The molecule has 4 rings (SSSR count). The number of ether oxygens (including phenoxy) is 1. The molecule has 1 nitrogen and oxygen atoms in total. The summed E-state index contributed by atoms with van der Waals surface area (Å²) in [5.41, 5.74) is 4.89. The summed E-state index contributed by atoms with van der Waals surface area (Å²) in [4.78, 5) is 0. The summed E-state index contributed by atoms with van der Waals surface area (Å²) in [6.45, 7) is 2.10. The van der Waals surface area contributed by atoms with Crippen molar-refractivity contribution in [2.45, 2.75) is 70.1 Å². The summed E-state index contributed by atoms with van der Waals surface area (Å²) < 4.78 is 41.4. The number of hydrogen-bond acceptors (Lipinski definition) is 1. The summed E-state index contributed by atoms with van der Waals surface area (Å²) in [5, 5.41) is 0. The van der Waals surface area contributed by atoms with Gasteiger partial charge in [-0.05, 0) is 104 Å². The van der Waals surface area contributed by atoms with E-state index in [9.17, 15) is 13.2 Å². The van der Waals surface area contributed by atoms with Gasteiger partial charge in [0.05, 0.1) is 0 Å². The quantitative estimate of drug-likeness (QED) is 0.466. The van der Waals surface area contributed by atoms with Crippen molar-refractivity contribution in [3.8, 4) is 5.75 Å². The fourth-order valence-corrected chi connectivity index (χ4v) is 5.17. The van der Waals surface area contributed by atoms with Gasteiger partial charge in [0.25, 0.3) is 0 Å². The molecule has 1 saturated carbocycles. The molecule has 0 aromatic heterocycles. The van der Waals surface area contributed by atoms with Crippen LogP contribution in [-0.4, -0.2) is 6.36 Å². The second-order valence-electron chi connectivity index (χ2n) is 8.72. The fourth-order valence-electron chi connectivity index (χ4n) is 5.17. The number of aryl methyl sites for hydroxylation is 1. The van der Waals surface area contributed by atoms with Crippen LogP contribution in [0.2, 0.25) is 0 Å². The Labute approximate surface area is 177 Å². The van der Waals surface area contributed by atoms with E-state index in [4.69, 9.17) is 0 Å². The molecular weight excluding hydrogens is 385 g/mol. The third-order valence-corrected chi connectivity index (χ3v) is 6.76. The minimum absolute atomic E-state index is 0.117. The van der Waals surface area contributed by atoms with Crippen LogP contribution in [0.3, 0.4) is 0 Å². The second kappa shape index (κ2) is 8.87. The summed E-state index contributed by atoms with van der Waals surface area (Å²) >= 11 is 0. The van der Waals surface area contributed by atoms with Gasteiger partial charge in [0.15, 0.2) is 0 Å². The highest BCUT2D eigenvalue weighted by Crippen LogP contribution is 2.38. The number of alkyl halides is 3. The first-order valence-electron chi connectivity index (χ1n) is 11.0. The van der Waals surface area contributed by atoms with E-state index in [1.54, 1.807) is 12.1 Å². The summed E-state index contributed by atoms with van der Waals surface area (Å²) in [6, 6.07) is 13.9. The number of fused-ring (bicyclic) bond motifs is 1. The zero-order valence-electron chi connectivity index (χ0n) is 17.4. The first kappa shape index (κ1) is 21.0. The van der Waals surface area contributed by atoms with E-state index in [1.807, 2.05) is 0 Å². The van der Waals surface area contributed by atoms with Gasteiger partial charge in [-0.15, -0.1) is 13.2 Å². The molecule has 4 heteroatoms. The predicted molar refractivity (Wildman–Crippen MR) is 114 cm³/mol. The van der Waals surface area contributed by atoms with Crippen molar-refractivity contribution < 1.29 is 17.9 Å². The SMILES string of the molecule is C/C=C/C1CCC(c2ccc(C3CCc4cc(OC(F)(F)F)ccc4C3)cc2)CC1. The fraction of sp³-hybridized carbons (Fsp3) is 0.462. The van der Waals surface area contributed by atoms with Crippen molar-refractivity contribution in [2.24, 2.45) is 5.92 Å². The third-order valence-electron chi connectivity index (χ3n) is 6.76. The van der Waals surface area contributed by atoms with Crippen LogP contribution in [0.1, 0.15) is 73.1 Å². The number of benzene rings is 2. The lowest BCUT2D eigenvalue weighted by atomic mass is 9.77. The van der Waals surface area contributed by atoms with Gasteiger partial charge < -0.3 is 4.74 Å². The molecule has 2 aliphatic carbocycles. The average Bonchev–Trinajstić information content (AvgIpc) is 2.73. The smallest absolute Gasteiger partial charge is 0.406 e. The van der Waals surface area contributed by atoms with E-state index in [1.165, 1.54) is 42.9 Å². The van der Waals surface area contributed by atoms with Crippen LogP contribution in [-0.2, 0) is 12.8 Å². The number of allylic oxidation sites excluding steroid dienone is 2. The Morgan fingerprint density at radius 1 is 0.833 bits per heavy atom. The number of hydrogen-bond donors (Lipinski definition) is 0. The lowest BCUT2D eigenvalue weighted by Crippen LogP contribution is -2.18. The molecule has 0 saturated heterocycles. The number of halogens is 3. The molecule has 0 bridgehead atoms. The minimum Gasteiger partial charge on any atom is -0.406 e. The van der Waals surface area contributed by atoms with Crippen molar-refractivity contribution >= 4 is 0 Å². The van der Waals surface area contributed by atoms with E-state index in [0.717, 1.165) is 36.3 Å². The van der Waals surface area contributed by atoms with Crippen molar-refractivity contribution in [2.75, 3.05) is 0 Å². The van der Waals surface area contributed by atoms with Gasteiger partial charge in [0, 0.05) is 0 Å². The van der Waals surface area contributed by atoms with E-state index >= 15 is 0 Å². The van der Waals surface area contributed by atoms with Crippen LogP contribution in [0.25, 0.3) is 0 Å². The Morgan fingerprint density at radius 3 is 2.13 bits per heavy atom. The Morgan fingerprint density at radius 2 is 1.50 bits per heavy atom. The van der Waals surface area contributed by atoms with Gasteiger partial charge in [0.1, 0.15) is 5.75 Å². The first-order valence-corrected chi connectivity index (χ1v) is 11.0. The Kier molecular flexibility index (Phi) is 6.21. The molecule has 0 aliphatic heterocycles. The molecule has 1 unspecified atom stereocenters. The maximum absolute atomic E-state index is 12.5. The molecule has 1 atom stereocenters. The highest BCUT2D eigenvalue weighted by molar-refractivity contribution is 5.40. The van der Waals surface area contributed by atoms with Gasteiger partial charge in [-0.25, -0.2) is 0 Å². The molecule has 0 N–H and O–H groups in total. The van der Waals surface area contributed by atoms with Gasteiger partial charge in [-0.1, -0.05) is 42.5 Å². The molecule has 1 fully saturated rings. The van der Waals surface area contributed by atoms with Gasteiger partial charge >= 0.3 is 6.36 Å². The standard InChI is InChI=1S/C26H29F3O/c1-2-3-18-4-6-19(7-5-18)20-8-10-21(11-9-20)22-12-13-24-17-25(30-26(27,28)29)15-14-23(24)16-22/h2-3,8-11,14-15,17-19,22H,4-7,12-13,16H2,1H3/b3-2+. The van der Waals surface area contributed by atoms with Crippen LogP contribution in [0, 0.1) is 5.92 Å². The topological polar surface area (TPSA) is 9.23 Å². The Bertz CT molecular complexity index is 874. The second-order valence-corrected chi connectivity index (χ2v) is 8.72. The lowest BCUT2D eigenvalue weighted by molar-refractivity contribution is -0.274. The largest absolute Gasteiger partial charge is 0.573 e. The molecule has 0 radical (unpaired) electrons. The first-order chi connectivity index (χ1) is 14.4. The molecule has 0 spiro atoms. The molecule has 30 heavy (non-hydrogen) atoms. The maximum atomic E-state index is 12.5. The van der Waals surface area contributed by atoms with Crippen molar-refractivity contribution in [3.63, 3.8) is 0 Å². The van der Waals surface area contributed by atoms with E-state index in [0.29, 0.717) is 11.8 Å². The molecule has 2 aromatic rings. The zero-order valence-corrected chi connectivity index (χ0v) is 17.4. The molecular formula is C26H29F3O. The monoisotopic (exact) mass is 414 g/mol. The van der Waals surface area contributed by atoms with Crippen LogP contribution in [0.5, 0.6) is 5.75 Å². The minimum atomic E-state index is -4.64. The van der Waals surface area contributed by atoms with Gasteiger partial charge in [-0.3, -0.25) is 0 Å². The van der Waals surface area contributed by atoms with Crippen molar-refractivity contribution in [1.82, 2.24) is 0 Å². The average molecular weight is 415 g/mol. The van der Waals surface area contributed by atoms with E-state index < -0.39 is 6.36 Å². The molecule has 2 aromatic carbocycles. The summed E-state index contributed by atoms with van der Waals surface area (Å²) in [5.74, 6) is 1.72. The molecule has 160 valence electrons. The number of rotatable bonds is 4. The highest BCUT2D eigenvalue weighted by atomic mass is 19.4. The van der Waals surface area contributed by atoms with Gasteiger partial charge in [-0.2, -0.15) is 0 Å². The highest BCUT2D eigenvalue weighted by Gasteiger charge is 2.31. The van der Waals surface area contributed by atoms with Gasteiger partial charge in [0.2, 0.25) is 0 Å². The van der Waals surface area contributed by atoms with Crippen molar-refractivity contribution in [1.29, 1.82) is 0 Å². The van der Waals surface area contributed by atoms with Crippen LogP contribution in [0.15, 0.2) is 54.6 Å². The predicted octanol–water partition coefficient (Wildman–Crippen LogP) is 7.71. The maximum Gasteiger partial charge on any atom is 0.573 e. The Hall–Kier alpha value is -2.23. The molecule has 0 heterocycles. The Balaban J connectivity index is 1.39. The summed E-state index contributed by atoms with van der Waals surface area (Å²) in [7, 11) is 0. The van der Waals surface area contributed by atoms with E-state index in [-0.39, 0.29) is 5.75 Å². The zero-order chi connectivity index (χ0) is 21.1. The molecule has 2 aliphatic rings. The van der Waals surface area contributed by atoms with Crippen molar-refractivity contribution in [3.05, 3.63) is 76.9 Å². The third kappa shape index (κ3) is 5.08. The van der Waals surface area contributed by atoms with Crippen LogP contribution < -0.4 is 4.74 Å². The van der Waals surface area contributed by atoms with Crippen LogP contribution >= 0.6 is 0 Å². The van der Waals surface area contributed by atoms with E-state index in [2.05, 4.69) is 48.1 Å². The lowest BCUT2D eigenvalue weighted by Gasteiger charge is -2.28. The molecule has 0 amide bonds. The van der Waals surface area contributed by atoms with Crippen LogP contribution in [0.4, 0.5) is 13.2 Å². The normalized spacial score (nSPS) is 24.6.